The number of hydrogen-bond donors (Lipinski definition) is 0. The van der Waals surface area contributed by atoms with Crippen LogP contribution in [0, 0.1) is 0 Å². The van der Waals surface area contributed by atoms with Gasteiger partial charge in [-0.05, 0) is 39.2 Å². The second-order valence-corrected chi connectivity index (χ2v) is 5.78. The highest BCUT2D eigenvalue weighted by Crippen LogP contribution is 2.09. The Hall–Kier alpha value is -2.08. The number of esters is 1. The summed E-state index contributed by atoms with van der Waals surface area (Å²) in [6.07, 6.45) is 1.36. The molecule has 1 aromatic rings. The van der Waals surface area contributed by atoms with Crippen molar-refractivity contribution in [1.82, 2.24) is 9.80 Å². The van der Waals surface area contributed by atoms with Crippen LogP contribution in [0.25, 0.3) is 0 Å². The number of carbonyl (C=O) groups excluding carboxylic acids is 2. The van der Waals surface area contributed by atoms with Gasteiger partial charge in [-0.25, -0.2) is 0 Å². The molecule has 1 amide bonds. The molecule has 6 heteroatoms. The van der Waals surface area contributed by atoms with Crippen LogP contribution in [0.1, 0.15) is 19.3 Å². The molecule has 0 saturated carbocycles. The highest BCUT2D eigenvalue weighted by atomic mass is 16.5. The van der Waals surface area contributed by atoms with Crippen LogP contribution < -0.4 is 4.74 Å². The van der Waals surface area contributed by atoms with Crippen LogP contribution in [0.5, 0.6) is 5.75 Å². The lowest BCUT2D eigenvalue weighted by molar-refractivity contribution is -0.141. The summed E-state index contributed by atoms with van der Waals surface area (Å²) in [7, 11) is 5.34. The Kier molecular flexibility index (Phi) is 9.53. The Balaban J connectivity index is 2.43. The van der Waals surface area contributed by atoms with E-state index in [0.29, 0.717) is 19.7 Å². The molecule has 0 unspecified atom stereocenters. The number of rotatable bonds is 11. The number of ether oxygens (including phenoxy) is 2. The molecule has 0 aliphatic rings. The van der Waals surface area contributed by atoms with Gasteiger partial charge >= 0.3 is 5.97 Å². The number of carbonyl (C=O) groups is 2. The van der Waals surface area contributed by atoms with Crippen LogP contribution in [0.2, 0.25) is 0 Å². The van der Waals surface area contributed by atoms with Crippen molar-refractivity contribution in [2.45, 2.75) is 19.3 Å². The first kappa shape index (κ1) is 20.0. The van der Waals surface area contributed by atoms with Crippen molar-refractivity contribution in [1.29, 1.82) is 0 Å². The highest BCUT2D eigenvalue weighted by Gasteiger charge is 2.15. The zero-order valence-corrected chi connectivity index (χ0v) is 14.9. The second-order valence-electron chi connectivity index (χ2n) is 5.78. The fraction of sp³-hybridized carbons (Fsp3) is 0.556. The van der Waals surface area contributed by atoms with Crippen molar-refractivity contribution in [2.75, 3.05) is 47.4 Å². The maximum atomic E-state index is 12.4. The predicted octanol–water partition coefficient (Wildman–Crippen LogP) is 1.80. The van der Waals surface area contributed by atoms with Crippen LogP contribution >= 0.6 is 0 Å². The molecular formula is C18H28N2O4. The van der Waals surface area contributed by atoms with Crippen molar-refractivity contribution in [3.05, 3.63) is 30.3 Å². The third kappa shape index (κ3) is 8.53. The smallest absolute Gasteiger partial charge is 0.307 e. The molecule has 0 aliphatic heterocycles. The minimum absolute atomic E-state index is 0.00593. The number of hydrogen-bond acceptors (Lipinski definition) is 5. The van der Waals surface area contributed by atoms with E-state index in [9.17, 15) is 9.59 Å². The van der Waals surface area contributed by atoms with Gasteiger partial charge in [0.2, 0.25) is 5.91 Å². The van der Waals surface area contributed by atoms with Crippen molar-refractivity contribution >= 4 is 11.9 Å². The van der Waals surface area contributed by atoms with Gasteiger partial charge in [-0.15, -0.1) is 0 Å². The van der Waals surface area contributed by atoms with Gasteiger partial charge in [0, 0.05) is 13.1 Å². The van der Waals surface area contributed by atoms with Crippen LogP contribution in [0.15, 0.2) is 30.3 Å². The predicted molar refractivity (Wildman–Crippen MR) is 92.9 cm³/mol. The normalized spacial score (nSPS) is 10.5. The van der Waals surface area contributed by atoms with Gasteiger partial charge in [0.05, 0.1) is 26.6 Å². The molecule has 0 bridgehead atoms. The molecule has 0 aromatic heterocycles. The van der Waals surface area contributed by atoms with Crippen LogP contribution in [-0.4, -0.2) is 69.1 Å². The molecule has 24 heavy (non-hydrogen) atoms. The Morgan fingerprint density at radius 1 is 1.00 bits per heavy atom. The maximum Gasteiger partial charge on any atom is 0.307 e. The maximum absolute atomic E-state index is 12.4. The summed E-state index contributed by atoms with van der Waals surface area (Å²) in [4.78, 5) is 27.5. The summed E-state index contributed by atoms with van der Waals surface area (Å²) >= 11 is 0. The van der Waals surface area contributed by atoms with E-state index in [1.165, 1.54) is 7.11 Å². The lowest BCUT2D eigenvalue weighted by atomic mass is 10.3. The van der Waals surface area contributed by atoms with Gasteiger partial charge in [0.15, 0.2) is 0 Å². The quantitative estimate of drug-likeness (QED) is 0.577. The Morgan fingerprint density at radius 2 is 1.71 bits per heavy atom. The molecule has 0 saturated heterocycles. The Morgan fingerprint density at radius 3 is 2.33 bits per heavy atom. The molecule has 0 heterocycles. The van der Waals surface area contributed by atoms with Crippen LogP contribution in [0.4, 0.5) is 0 Å². The Labute approximate surface area is 144 Å². The third-order valence-electron chi connectivity index (χ3n) is 3.53. The van der Waals surface area contributed by atoms with Crippen LogP contribution in [0.3, 0.4) is 0 Å². The molecule has 0 aliphatic carbocycles. The van der Waals surface area contributed by atoms with Crippen molar-refractivity contribution in [3.63, 3.8) is 0 Å². The molecule has 0 radical (unpaired) electrons. The summed E-state index contributed by atoms with van der Waals surface area (Å²) in [5.41, 5.74) is 0. The third-order valence-corrected chi connectivity index (χ3v) is 3.53. The molecule has 0 spiro atoms. The van der Waals surface area contributed by atoms with E-state index >= 15 is 0 Å². The lowest BCUT2D eigenvalue weighted by Gasteiger charge is -2.23. The zero-order valence-electron chi connectivity index (χ0n) is 14.9. The lowest BCUT2D eigenvalue weighted by Crippen LogP contribution is -2.36. The SMILES string of the molecule is COC(=O)CCN(CCCN(C)C)C(=O)CCOc1ccccc1. The van der Waals surface area contributed by atoms with Gasteiger partial charge in [-0.2, -0.15) is 0 Å². The number of para-hydroxylation sites is 1. The van der Waals surface area contributed by atoms with E-state index in [1.54, 1.807) is 4.90 Å². The molecule has 134 valence electrons. The van der Waals surface area contributed by atoms with Crippen molar-refractivity contribution in [2.24, 2.45) is 0 Å². The second kappa shape index (κ2) is 11.5. The van der Waals surface area contributed by atoms with E-state index < -0.39 is 0 Å². The minimum Gasteiger partial charge on any atom is -0.493 e. The average Bonchev–Trinajstić information content (AvgIpc) is 2.58. The summed E-state index contributed by atoms with van der Waals surface area (Å²) < 4.78 is 10.2. The van der Waals surface area contributed by atoms with Crippen molar-refractivity contribution < 1.29 is 19.1 Å². The number of methoxy groups -OCH3 is 1. The molecule has 6 nitrogen and oxygen atoms in total. The molecule has 0 fully saturated rings. The number of amides is 1. The minimum atomic E-state index is -0.305. The summed E-state index contributed by atoms with van der Waals surface area (Å²) in [5, 5.41) is 0. The fourth-order valence-corrected chi connectivity index (χ4v) is 2.20. The Bertz CT molecular complexity index is 491. The molecular weight excluding hydrogens is 308 g/mol. The first-order chi connectivity index (χ1) is 11.5. The monoisotopic (exact) mass is 336 g/mol. The van der Waals surface area contributed by atoms with Gasteiger partial charge in [-0.1, -0.05) is 18.2 Å². The van der Waals surface area contributed by atoms with Gasteiger partial charge < -0.3 is 19.3 Å². The van der Waals surface area contributed by atoms with Crippen LogP contribution in [-0.2, 0) is 14.3 Å². The molecule has 0 atom stereocenters. The van der Waals surface area contributed by atoms with Gasteiger partial charge in [0.1, 0.15) is 5.75 Å². The number of benzene rings is 1. The first-order valence-corrected chi connectivity index (χ1v) is 8.20. The van der Waals surface area contributed by atoms with Gasteiger partial charge in [-0.3, -0.25) is 9.59 Å². The largest absolute Gasteiger partial charge is 0.493 e. The topological polar surface area (TPSA) is 59.1 Å². The van der Waals surface area contributed by atoms with E-state index in [-0.39, 0.29) is 24.7 Å². The number of nitrogens with zero attached hydrogens (tertiary/aromatic N) is 2. The summed E-state index contributed by atoms with van der Waals surface area (Å²) in [6.45, 7) is 2.22. The summed E-state index contributed by atoms with van der Waals surface area (Å²) in [5.74, 6) is 0.438. The van der Waals surface area contributed by atoms with Crippen molar-refractivity contribution in [3.8, 4) is 5.75 Å². The molecule has 1 rings (SSSR count). The molecule has 0 N–H and O–H groups in total. The average molecular weight is 336 g/mol. The molecule has 1 aromatic carbocycles. The fourth-order valence-electron chi connectivity index (χ4n) is 2.20. The van der Waals surface area contributed by atoms with Gasteiger partial charge in [0.25, 0.3) is 0 Å². The van der Waals surface area contributed by atoms with E-state index in [4.69, 9.17) is 4.74 Å². The zero-order chi connectivity index (χ0) is 17.8. The van der Waals surface area contributed by atoms with E-state index in [0.717, 1.165) is 18.7 Å². The highest BCUT2D eigenvalue weighted by molar-refractivity contribution is 5.77. The standard InChI is InChI=1S/C18H28N2O4/c1-19(2)12-7-13-20(14-10-18(22)23-3)17(21)11-15-24-16-8-5-4-6-9-16/h4-6,8-9H,7,10-15H2,1-3H3. The summed E-state index contributed by atoms with van der Waals surface area (Å²) in [6, 6.07) is 9.41. The van der Waals surface area contributed by atoms with E-state index in [1.807, 2.05) is 44.4 Å². The van der Waals surface area contributed by atoms with E-state index in [2.05, 4.69) is 9.64 Å². The first-order valence-electron chi connectivity index (χ1n) is 8.20.